The van der Waals surface area contributed by atoms with Crippen molar-refractivity contribution in [2.24, 2.45) is 0 Å². The Morgan fingerprint density at radius 3 is 2.69 bits per heavy atom. The Hall–Kier alpha value is -4.29. The highest BCUT2D eigenvalue weighted by Gasteiger charge is 2.37. The summed E-state index contributed by atoms with van der Waals surface area (Å²) in [5.74, 6) is -1.53. The molecule has 3 aromatic rings. The van der Waals surface area contributed by atoms with E-state index in [1.54, 1.807) is 11.0 Å². The molecule has 2 aliphatic rings. The largest absolute Gasteiger partial charge is 0.465 e. The van der Waals surface area contributed by atoms with E-state index in [1.807, 2.05) is 13.8 Å². The van der Waals surface area contributed by atoms with Gasteiger partial charge >= 0.3 is 6.09 Å². The third-order valence-corrected chi connectivity index (χ3v) is 6.58. The van der Waals surface area contributed by atoms with Crippen molar-refractivity contribution in [1.82, 2.24) is 29.0 Å². The molecule has 0 aliphatic carbocycles. The molecule has 1 unspecified atom stereocenters. The van der Waals surface area contributed by atoms with Gasteiger partial charge in [0, 0.05) is 31.1 Å². The molecule has 5 rings (SSSR count). The number of carboxylic acid groups (broad SMARTS) is 1. The van der Waals surface area contributed by atoms with Crippen LogP contribution in [0.4, 0.5) is 15.0 Å². The van der Waals surface area contributed by atoms with Crippen LogP contribution in [-0.4, -0.2) is 71.1 Å². The van der Waals surface area contributed by atoms with Gasteiger partial charge in [-0.25, -0.2) is 14.2 Å². The zero-order valence-electron chi connectivity index (χ0n) is 19.6. The first-order valence-electron chi connectivity index (χ1n) is 11.5. The lowest BCUT2D eigenvalue weighted by molar-refractivity contribution is -0.116. The highest BCUT2D eigenvalue weighted by atomic mass is 19.1. The maximum Gasteiger partial charge on any atom is 0.407 e. The zero-order chi connectivity index (χ0) is 25.7. The quantitative estimate of drug-likeness (QED) is 0.544. The molecule has 3 aromatic heterocycles. The van der Waals surface area contributed by atoms with Gasteiger partial charge in [-0.1, -0.05) is 0 Å². The van der Waals surface area contributed by atoms with Crippen molar-refractivity contribution >= 4 is 29.4 Å². The number of likely N-dealkylation sites (tertiary alicyclic amines) is 1. The molecular formula is C23H24FN7O5. The minimum atomic E-state index is -1.02. The third-order valence-electron chi connectivity index (χ3n) is 6.58. The monoisotopic (exact) mass is 497 g/mol. The second-order valence-electron chi connectivity index (χ2n) is 9.21. The van der Waals surface area contributed by atoms with Crippen molar-refractivity contribution in [2.75, 3.05) is 18.4 Å². The lowest BCUT2D eigenvalue weighted by Gasteiger charge is -2.20. The Bertz CT molecular complexity index is 1450. The summed E-state index contributed by atoms with van der Waals surface area (Å²) in [4.78, 5) is 57.6. The SMILES string of the molecule is CC(C)N1Cc2c(n(CC(=O)Nc3ccc(F)cn3)c3cc(C4CCN(C(=O)O)C4)nn3c2=O)C1=O. The van der Waals surface area contributed by atoms with Gasteiger partial charge in [-0.15, -0.1) is 0 Å². The Balaban J connectivity index is 1.57. The average molecular weight is 497 g/mol. The van der Waals surface area contributed by atoms with Crippen molar-refractivity contribution < 1.29 is 23.9 Å². The van der Waals surface area contributed by atoms with Crippen molar-refractivity contribution in [3.63, 3.8) is 0 Å². The van der Waals surface area contributed by atoms with Gasteiger partial charge in [0.25, 0.3) is 11.5 Å². The molecule has 36 heavy (non-hydrogen) atoms. The van der Waals surface area contributed by atoms with Crippen molar-refractivity contribution in [3.05, 3.63) is 57.5 Å². The minimum Gasteiger partial charge on any atom is -0.465 e. The van der Waals surface area contributed by atoms with Crippen LogP contribution in [0.5, 0.6) is 0 Å². The van der Waals surface area contributed by atoms with E-state index >= 15 is 0 Å². The minimum absolute atomic E-state index is 0.0904. The molecule has 13 heteroatoms. The zero-order valence-corrected chi connectivity index (χ0v) is 19.6. The highest BCUT2D eigenvalue weighted by Crippen LogP contribution is 2.29. The summed E-state index contributed by atoms with van der Waals surface area (Å²) >= 11 is 0. The topological polar surface area (TPSA) is 142 Å². The summed E-state index contributed by atoms with van der Waals surface area (Å²) in [6.07, 6.45) is 0.492. The number of nitrogens with one attached hydrogen (secondary N) is 1. The van der Waals surface area contributed by atoms with E-state index in [2.05, 4.69) is 15.4 Å². The maximum absolute atomic E-state index is 13.4. The van der Waals surface area contributed by atoms with Crippen LogP contribution in [0.15, 0.2) is 29.2 Å². The molecule has 0 spiro atoms. The van der Waals surface area contributed by atoms with Gasteiger partial charge in [-0.3, -0.25) is 14.4 Å². The van der Waals surface area contributed by atoms with E-state index in [0.717, 1.165) is 12.3 Å². The first-order valence-corrected chi connectivity index (χ1v) is 11.5. The van der Waals surface area contributed by atoms with Crippen LogP contribution < -0.4 is 10.9 Å². The van der Waals surface area contributed by atoms with E-state index < -0.39 is 23.4 Å². The summed E-state index contributed by atoms with van der Waals surface area (Å²) in [5.41, 5.74) is 0.675. The molecule has 0 bridgehead atoms. The number of hydrogen-bond acceptors (Lipinski definition) is 6. The van der Waals surface area contributed by atoms with Gasteiger partial charge in [0.2, 0.25) is 5.91 Å². The highest BCUT2D eigenvalue weighted by molar-refractivity contribution is 5.98. The Labute approximate surface area is 203 Å². The fraction of sp³-hybridized carbons (Fsp3) is 0.391. The van der Waals surface area contributed by atoms with Gasteiger partial charge in [0.05, 0.1) is 24.0 Å². The standard InChI is InChI=1S/C23H24FN7O5/c1-12(2)29-10-15-20(22(29)34)30(11-18(32)26-17-4-3-14(24)8-25-17)19-7-16(27-31(19)21(15)33)13-5-6-28(9-13)23(35)36/h3-4,7-8,12-13H,5-6,9-11H2,1-2H3,(H,35,36)(H,25,26,32). The number of anilines is 1. The fourth-order valence-corrected chi connectivity index (χ4v) is 4.73. The lowest BCUT2D eigenvalue weighted by Crippen LogP contribution is -2.32. The number of carbonyl (C=O) groups is 3. The molecule has 3 amide bonds. The second-order valence-corrected chi connectivity index (χ2v) is 9.21. The Morgan fingerprint density at radius 1 is 1.28 bits per heavy atom. The second kappa shape index (κ2) is 8.73. The number of pyridine rings is 1. The average Bonchev–Trinajstić information content (AvgIpc) is 3.55. The van der Waals surface area contributed by atoms with Crippen molar-refractivity contribution in [2.45, 2.75) is 45.3 Å². The number of nitrogens with zero attached hydrogens (tertiary/aromatic N) is 6. The molecule has 0 radical (unpaired) electrons. The van der Waals surface area contributed by atoms with Crippen LogP contribution in [0.3, 0.4) is 0 Å². The molecule has 0 saturated carbocycles. The molecule has 2 N–H and O–H groups in total. The van der Waals surface area contributed by atoms with Gasteiger partial charge in [0.15, 0.2) is 0 Å². The smallest absolute Gasteiger partial charge is 0.407 e. The predicted molar refractivity (Wildman–Crippen MR) is 124 cm³/mol. The Kier molecular flexibility index (Phi) is 5.69. The number of hydrogen-bond donors (Lipinski definition) is 2. The van der Waals surface area contributed by atoms with E-state index in [9.17, 15) is 28.7 Å². The summed E-state index contributed by atoms with van der Waals surface area (Å²) in [6.45, 7) is 4.03. The van der Waals surface area contributed by atoms with Crippen LogP contribution >= 0.6 is 0 Å². The van der Waals surface area contributed by atoms with Crippen LogP contribution in [0.1, 0.15) is 47.9 Å². The number of fused-ring (bicyclic) bond motifs is 2. The normalized spacial score (nSPS) is 17.3. The molecule has 1 fully saturated rings. The Morgan fingerprint density at radius 2 is 2.06 bits per heavy atom. The molecule has 12 nitrogen and oxygen atoms in total. The first-order chi connectivity index (χ1) is 17.1. The summed E-state index contributed by atoms with van der Waals surface area (Å²) < 4.78 is 15.8. The fourth-order valence-electron chi connectivity index (χ4n) is 4.73. The van der Waals surface area contributed by atoms with Crippen molar-refractivity contribution in [3.8, 4) is 0 Å². The number of halogens is 1. The number of amides is 3. The molecular weight excluding hydrogens is 473 g/mol. The van der Waals surface area contributed by atoms with Crippen LogP contribution in [-0.2, 0) is 17.9 Å². The van der Waals surface area contributed by atoms with Gasteiger partial charge in [-0.05, 0) is 32.4 Å². The summed E-state index contributed by atoms with van der Waals surface area (Å²) in [6, 6.07) is 3.94. The van der Waals surface area contributed by atoms with E-state index in [1.165, 1.54) is 20.0 Å². The molecule has 1 atom stereocenters. The molecule has 2 aliphatic heterocycles. The van der Waals surface area contributed by atoms with E-state index in [4.69, 9.17) is 0 Å². The molecule has 1 saturated heterocycles. The van der Waals surface area contributed by atoms with Crippen LogP contribution in [0.2, 0.25) is 0 Å². The predicted octanol–water partition coefficient (Wildman–Crippen LogP) is 1.50. The molecule has 0 aromatic carbocycles. The van der Waals surface area contributed by atoms with Gasteiger partial charge < -0.3 is 24.8 Å². The van der Waals surface area contributed by atoms with Gasteiger partial charge in [-0.2, -0.15) is 9.61 Å². The van der Waals surface area contributed by atoms with Gasteiger partial charge in [0.1, 0.15) is 29.5 Å². The molecule has 188 valence electrons. The number of carbonyl (C=O) groups excluding carboxylic acids is 2. The summed E-state index contributed by atoms with van der Waals surface area (Å²) in [5, 5.41) is 16.3. The lowest BCUT2D eigenvalue weighted by atomic mass is 10.1. The molecule has 5 heterocycles. The number of rotatable bonds is 5. The van der Waals surface area contributed by atoms with Crippen molar-refractivity contribution in [1.29, 1.82) is 0 Å². The number of aromatic nitrogens is 4. The van der Waals surface area contributed by atoms with Crippen LogP contribution in [0, 0.1) is 5.82 Å². The van der Waals surface area contributed by atoms with E-state index in [0.29, 0.717) is 18.7 Å². The summed E-state index contributed by atoms with van der Waals surface area (Å²) in [7, 11) is 0. The van der Waals surface area contributed by atoms with E-state index in [-0.39, 0.29) is 60.2 Å². The third kappa shape index (κ3) is 3.95. The first kappa shape index (κ1) is 23.5. The van der Waals surface area contributed by atoms with Crippen LogP contribution in [0.25, 0.3) is 5.65 Å². The maximum atomic E-state index is 13.4.